The number of carbonyl (C=O) groups excluding carboxylic acids is 1. The standard InChI is InChI=1S/C16H17N3O3S/c1-12-10-14(6-7-15(12)19-9-3-5-16(19)20)23(21,22)18-13-4-2-8-17-11-13/h2,4,6-8,10-11,18H,3,5,9H2,1H3. The normalized spacial score (nSPS) is 15.0. The Morgan fingerprint density at radius 2 is 2.09 bits per heavy atom. The fraction of sp³-hybridized carbons (Fsp3) is 0.250. The summed E-state index contributed by atoms with van der Waals surface area (Å²) in [5.74, 6) is 0.0807. The van der Waals surface area contributed by atoms with Crippen molar-refractivity contribution in [1.82, 2.24) is 4.98 Å². The average molecular weight is 331 g/mol. The number of carbonyl (C=O) groups is 1. The zero-order valence-corrected chi connectivity index (χ0v) is 13.5. The van der Waals surface area contributed by atoms with E-state index in [1.807, 2.05) is 6.92 Å². The molecule has 0 bridgehead atoms. The Labute approximate surface area is 135 Å². The van der Waals surface area contributed by atoms with E-state index in [-0.39, 0.29) is 10.8 Å². The van der Waals surface area contributed by atoms with E-state index in [4.69, 9.17) is 0 Å². The number of hydrogen-bond acceptors (Lipinski definition) is 4. The van der Waals surface area contributed by atoms with Crippen molar-refractivity contribution in [3.8, 4) is 0 Å². The molecule has 7 heteroatoms. The van der Waals surface area contributed by atoms with Gasteiger partial charge in [0.15, 0.2) is 0 Å². The first-order chi connectivity index (χ1) is 11.0. The predicted octanol–water partition coefficient (Wildman–Crippen LogP) is 2.32. The minimum absolute atomic E-state index is 0.0807. The average Bonchev–Trinajstić information content (AvgIpc) is 2.94. The molecule has 1 aromatic heterocycles. The first-order valence-electron chi connectivity index (χ1n) is 7.31. The van der Waals surface area contributed by atoms with Crippen molar-refractivity contribution in [2.45, 2.75) is 24.7 Å². The van der Waals surface area contributed by atoms with Gasteiger partial charge in [-0.05, 0) is 49.2 Å². The van der Waals surface area contributed by atoms with Crippen LogP contribution in [0.25, 0.3) is 0 Å². The zero-order valence-electron chi connectivity index (χ0n) is 12.7. The summed E-state index contributed by atoms with van der Waals surface area (Å²) in [4.78, 5) is 17.6. The van der Waals surface area contributed by atoms with Gasteiger partial charge in [-0.2, -0.15) is 0 Å². The summed E-state index contributed by atoms with van der Waals surface area (Å²) in [6.07, 6.45) is 4.40. The SMILES string of the molecule is Cc1cc(S(=O)(=O)Nc2cccnc2)ccc1N1CCCC1=O. The van der Waals surface area contributed by atoms with Crippen LogP contribution in [0, 0.1) is 6.92 Å². The third-order valence-electron chi connectivity index (χ3n) is 3.76. The highest BCUT2D eigenvalue weighted by Crippen LogP contribution is 2.27. The van der Waals surface area contributed by atoms with Crippen molar-refractivity contribution in [1.29, 1.82) is 0 Å². The Bertz CT molecular complexity index is 835. The zero-order chi connectivity index (χ0) is 16.4. The Morgan fingerprint density at radius 3 is 2.70 bits per heavy atom. The topological polar surface area (TPSA) is 79.4 Å². The number of amides is 1. The molecule has 0 spiro atoms. The molecule has 0 aliphatic carbocycles. The molecule has 1 saturated heterocycles. The minimum Gasteiger partial charge on any atom is -0.312 e. The van der Waals surface area contributed by atoms with Gasteiger partial charge in [-0.25, -0.2) is 8.42 Å². The maximum Gasteiger partial charge on any atom is 0.261 e. The Hall–Kier alpha value is -2.41. The van der Waals surface area contributed by atoms with Gasteiger partial charge in [-0.1, -0.05) is 0 Å². The highest BCUT2D eigenvalue weighted by atomic mass is 32.2. The van der Waals surface area contributed by atoms with Crippen LogP contribution in [0.5, 0.6) is 0 Å². The number of rotatable bonds is 4. The molecule has 1 aliphatic heterocycles. The van der Waals surface area contributed by atoms with E-state index in [0.717, 1.165) is 17.7 Å². The number of pyridine rings is 1. The number of aromatic nitrogens is 1. The summed E-state index contributed by atoms with van der Waals surface area (Å²) in [7, 11) is -3.68. The van der Waals surface area contributed by atoms with Gasteiger partial charge in [0, 0.05) is 24.8 Å². The van der Waals surface area contributed by atoms with Crippen LogP contribution in [0.1, 0.15) is 18.4 Å². The number of benzene rings is 1. The Balaban J connectivity index is 1.89. The fourth-order valence-electron chi connectivity index (χ4n) is 2.64. The van der Waals surface area contributed by atoms with Gasteiger partial charge >= 0.3 is 0 Å². The molecular formula is C16H17N3O3S. The summed E-state index contributed by atoms with van der Waals surface area (Å²) >= 11 is 0. The van der Waals surface area contributed by atoms with Crippen LogP contribution in [0.2, 0.25) is 0 Å². The summed E-state index contributed by atoms with van der Waals surface area (Å²) in [5.41, 5.74) is 1.94. The van der Waals surface area contributed by atoms with Crippen LogP contribution >= 0.6 is 0 Å². The van der Waals surface area contributed by atoms with Gasteiger partial charge in [-0.3, -0.25) is 14.5 Å². The van der Waals surface area contributed by atoms with E-state index in [1.165, 1.54) is 12.3 Å². The first kappa shape index (κ1) is 15.5. The second kappa shape index (κ2) is 6.00. The molecule has 0 saturated carbocycles. The largest absolute Gasteiger partial charge is 0.312 e. The lowest BCUT2D eigenvalue weighted by atomic mass is 10.2. The van der Waals surface area contributed by atoms with Gasteiger partial charge in [0.2, 0.25) is 5.91 Å². The molecule has 0 radical (unpaired) electrons. The highest BCUT2D eigenvalue weighted by Gasteiger charge is 2.24. The molecule has 0 unspecified atom stereocenters. The molecule has 0 atom stereocenters. The van der Waals surface area contributed by atoms with Gasteiger partial charge in [0.05, 0.1) is 16.8 Å². The van der Waals surface area contributed by atoms with Crippen LogP contribution in [0.4, 0.5) is 11.4 Å². The van der Waals surface area contributed by atoms with Crippen molar-refractivity contribution < 1.29 is 13.2 Å². The van der Waals surface area contributed by atoms with Crippen molar-refractivity contribution in [3.05, 3.63) is 48.3 Å². The van der Waals surface area contributed by atoms with Crippen molar-refractivity contribution in [2.24, 2.45) is 0 Å². The fourth-order valence-corrected chi connectivity index (χ4v) is 3.77. The maximum atomic E-state index is 12.4. The van der Waals surface area contributed by atoms with E-state index in [9.17, 15) is 13.2 Å². The lowest BCUT2D eigenvalue weighted by Crippen LogP contribution is -2.24. The smallest absolute Gasteiger partial charge is 0.261 e. The molecule has 3 rings (SSSR count). The molecule has 120 valence electrons. The minimum atomic E-state index is -3.68. The molecule has 1 N–H and O–H groups in total. The molecule has 2 heterocycles. The molecule has 1 aromatic carbocycles. The Morgan fingerprint density at radius 1 is 1.26 bits per heavy atom. The molecule has 6 nitrogen and oxygen atoms in total. The third-order valence-corrected chi connectivity index (χ3v) is 5.14. The molecule has 2 aromatic rings. The van der Waals surface area contributed by atoms with Crippen molar-refractivity contribution in [3.63, 3.8) is 0 Å². The van der Waals surface area contributed by atoms with Crippen molar-refractivity contribution >= 4 is 27.3 Å². The van der Waals surface area contributed by atoms with E-state index >= 15 is 0 Å². The third kappa shape index (κ3) is 3.19. The first-order valence-corrected chi connectivity index (χ1v) is 8.79. The van der Waals surface area contributed by atoms with E-state index in [1.54, 1.807) is 35.4 Å². The molecule has 23 heavy (non-hydrogen) atoms. The lowest BCUT2D eigenvalue weighted by molar-refractivity contribution is -0.117. The van der Waals surface area contributed by atoms with Gasteiger partial charge < -0.3 is 4.90 Å². The van der Waals surface area contributed by atoms with E-state index in [0.29, 0.717) is 18.7 Å². The molecule has 1 aliphatic rings. The predicted molar refractivity (Wildman–Crippen MR) is 87.8 cm³/mol. The van der Waals surface area contributed by atoms with Crippen LogP contribution in [0.15, 0.2) is 47.6 Å². The highest BCUT2D eigenvalue weighted by molar-refractivity contribution is 7.92. The lowest BCUT2D eigenvalue weighted by Gasteiger charge is -2.19. The molecule has 1 amide bonds. The second-order valence-electron chi connectivity index (χ2n) is 5.44. The second-order valence-corrected chi connectivity index (χ2v) is 7.13. The number of nitrogens with one attached hydrogen (secondary N) is 1. The summed E-state index contributed by atoms with van der Waals surface area (Å²) < 4.78 is 27.4. The number of aryl methyl sites for hydroxylation is 1. The Kier molecular flexibility index (Phi) is 4.04. The van der Waals surface area contributed by atoms with Gasteiger partial charge in [0.1, 0.15) is 0 Å². The quantitative estimate of drug-likeness (QED) is 0.932. The van der Waals surface area contributed by atoms with Crippen LogP contribution in [-0.2, 0) is 14.8 Å². The summed E-state index contributed by atoms with van der Waals surface area (Å²) in [6.45, 7) is 2.49. The van der Waals surface area contributed by atoms with E-state index < -0.39 is 10.0 Å². The maximum absolute atomic E-state index is 12.4. The van der Waals surface area contributed by atoms with Gasteiger partial charge in [0.25, 0.3) is 10.0 Å². The number of sulfonamides is 1. The van der Waals surface area contributed by atoms with Crippen molar-refractivity contribution in [2.75, 3.05) is 16.2 Å². The number of hydrogen-bond donors (Lipinski definition) is 1. The summed E-state index contributed by atoms with van der Waals surface area (Å²) in [5, 5.41) is 0. The molecule has 1 fully saturated rings. The number of anilines is 2. The number of nitrogens with zero attached hydrogens (tertiary/aromatic N) is 2. The summed E-state index contributed by atoms with van der Waals surface area (Å²) in [6, 6.07) is 8.09. The van der Waals surface area contributed by atoms with Gasteiger partial charge in [-0.15, -0.1) is 0 Å². The molecular weight excluding hydrogens is 314 g/mol. The monoisotopic (exact) mass is 331 g/mol. The van der Waals surface area contributed by atoms with Crippen LogP contribution < -0.4 is 9.62 Å². The van der Waals surface area contributed by atoms with Crippen LogP contribution in [0.3, 0.4) is 0 Å². The van der Waals surface area contributed by atoms with Crippen LogP contribution in [-0.4, -0.2) is 25.9 Å². The van der Waals surface area contributed by atoms with E-state index in [2.05, 4.69) is 9.71 Å².